The summed E-state index contributed by atoms with van der Waals surface area (Å²) in [5.41, 5.74) is 4.26. The van der Waals surface area contributed by atoms with E-state index in [9.17, 15) is 5.11 Å². The van der Waals surface area contributed by atoms with Crippen molar-refractivity contribution in [3.05, 3.63) is 52.4 Å². The van der Waals surface area contributed by atoms with Gasteiger partial charge in [-0.15, -0.1) is 0 Å². The lowest BCUT2D eigenvalue weighted by Crippen LogP contribution is -2.19. The molecule has 2 N–H and O–H groups in total. The second-order valence-electron chi connectivity index (χ2n) is 6.54. The van der Waals surface area contributed by atoms with E-state index in [0.717, 1.165) is 17.5 Å². The van der Waals surface area contributed by atoms with Crippen LogP contribution in [0.1, 0.15) is 37.7 Å². The lowest BCUT2D eigenvalue weighted by molar-refractivity contribution is -0.0590. The van der Waals surface area contributed by atoms with Gasteiger partial charge in [0.05, 0.1) is 28.1 Å². The molecule has 3 heterocycles. The summed E-state index contributed by atoms with van der Waals surface area (Å²) in [5, 5.41) is 12.4. The normalized spacial score (nSPS) is 20.6. The van der Waals surface area contributed by atoms with Crippen LogP contribution >= 0.6 is 23.2 Å². The SMILES string of the molecule is CCONc1ncnc2c1ccn2C1CCC(C(O)c2ccc(Cl)c(Cl)c2)O1. The minimum Gasteiger partial charge on any atom is -0.386 e. The van der Waals surface area contributed by atoms with E-state index in [4.69, 9.17) is 32.8 Å². The van der Waals surface area contributed by atoms with Crippen molar-refractivity contribution in [2.24, 2.45) is 0 Å². The summed E-state index contributed by atoms with van der Waals surface area (Å²) in [6, 6.07) is 7.04. The Labute approximate surface area is 172 Å². The topological polar surface area (TPSA) is 81.4 Å². The van der Waals surface area contributed by atoms with Crippen molar-refractivity contribution < 1.29 is 14.7 Å². The highest BCUT2D eigenvalue weighted by Gasteiger charge is 2.33. The van der Waals surface area contributed by atoms with Gasteiger partial charge in [0.25, 0.3) is 0 Å². The maximum absolute atomic E-state index is 10.7. The summed E-state index contributed by atoms with van der Waals surface area (Å²) >= 11 is 12.0. The second kappa shape index (κ2) is 8.23. The molecule has 0 aliphatic carbocycles. The van der Waals surface area contributed by atoms with Gasteiger partial charge in [-0.1, -0.05) is 29.3 Å². The molecular weight excluding hydrogens is 403 g/mol. The average molecular weight is 423 g/mol. The maximum Gasteiger partial charge on any atom is 0.162 e. The molecule has 7 nitrogen and oxygen atoms in total. The van der Waals surface area contributed by atoms with Crippen molar-refractivity contribution in [2.45, 2.75) is 38.2 Å². The summed E-state index contributed by atoms with van der Waals surface area (Å²) in [7, 11) is 0. The zero-order valence-electron chi connectivity index (χ0n) is 15.2. The van der Waals surface area contributed by atoms with Crippen LogP contribution in [0.4, 0.5) is 5.82 Å². The number of anilines is 1. The molecule has 1 aliphatic rings. The van der Waals surface area contributed by atoms with Gasteiger partial charge in [0.1, 0.15) is 24.3 Å². The second-order valence-corrected chi connectivity index (χ2v) is 7.36. The Morgan fingerprint density at radius 3 is 2.93 bits per heavy atom. The Morgan fingerprint density at radius 2 is 2.14 bits per heavy atom. The summed E-state index contributed by atoms with van der Waals surface area (Å²) in [6.45, 7) is 2.41. The third kappa shape index (κ3) is 3.68. The highest BCUT2D eigenvalue weighted by Crippen LogP contribution is 2.38. The van der Waals surface area contributed by atoms with Gasteiger partial charge in [-0.3, -0.25) is 4.84 Å². The quantitative estimate of drug-likeness (QED) is 0.568. The van der Waals surface area contributed by atoms with Crippen molar-refractivity contribution in [2.75, 3.05) is 12.1 Å². The van der Waals surface area contributed by atoms with Crippen molar-refractivity contribution >= 4 is 40.1 Å². The predicted molar refractivity (Wildman–Crippen MR) is 107 cm³/mol. The maximum atomic E-state index is 10.7. The number of hydrogen-bond donors (Lipinski definition) is 2. The van der Waals surface area contributed by atoms with E-state index >= 15 is 0 Å². The number of aromatic nitrogens is 3. The van der Waals surface area contributed by atoms with Crippen molar-refractivity contribution in [3.63, 3.8) is 0 Å². The Balaban J connectivity index is 1.53. The molecule has 9 heteroatoms. The molecule has 1 saturated heterocycles. The van der Waals surface area contributed by atoms with Crippen LogP contribution in [-0.2, 0) is 9.57 Å². The van der Waals surface area contributed by atoms with E-state index < -0.39 is 6.10 Å². The monoisotopic (exact) mass is 422 g/mol. The van der Waals surface area contributed by atoms with Crippen LogP contribution in [0, 0.1) is 0 Å². The van der Waals surface area contributed by atoms with Crippen molar-refractivity contribution in [1.82, 2.24) is 14.5 Å². The van der Waals surface area contributed by atoms with Gasteiger partial charge >= 0.3 is 0 Å². The molecule has 4 rings (SSSR count). The fraction of sp³-hybridized carbons (Fsp3) is 0.368. The summed E-state index contributed by atoms with van der Waals surface area (Å²) in [6.07, 6.45) is 3.50. The number of aliphatic hydroxyl groups is 1. The van der Waals surface area contributed by atoms with E-state index in [1.807, 2.05) is 23.8 Å². The lowest BCUT2D eigenvalue weighted by atomic mass is 10.0. The number of rotatable bonds is 6. The molecule has 28 heavy (non-hydrogen) atoms. The summed E-state index contributed by atoms with van der Waals surface area (Å²) < 4.78 is 8.10. The largest absolute Gasteiger partial charge is 0.386 e. The first-order valence-corrected chi connectivity index (χ1v) is 9.82. The first-order valence-electron chi connectivity index (χ1n) is 9.06. The smallest absolute Gasteiger partial charge is 0.162 e. The van der Waals surface area contributed by atoms with E-state index in [1.54, 1.807) is 18.2 Å². The Bertz CT molecular complexity index is 981. The number of nitrogens with zero attached hydrogens (tertiary/aromatic N) is 3. The molecule has 1 aromatic carbocycles. The zero-order chi connectivity index (χ0) is 19.7. The molecule has 1 fully saturated rings. The van der Waals surface area contributed by atoms with Gasteiger partial charge in [0.2, 0.25) is 0 Å². The minimum absolute atomic E-state index is 0.227. The third-order valence-electron chi connectivity index (χ3n) is 4.80. The highest BCUT2D eigenvalue weighted by atomic mass is 35.5. The summed E-state index contributed by atoms with van der Waals surface area (Å²) in [4.78, 5) is 13.8. The fourth-order valence-electron chi connectivity index (χ4n) is 3.42. The van der Waals surface area contributed by atoms with Gasteiger partial charge < -0.3 is 14.4 Å². The number of hydrogen-bond acceptors (Lipinski definition) is 6. The van der Waals surface area contributed by atoms with Crippen LogP contribution < -0.4 is 5.48 Å². The first-order chi connectivity index (χ1) is 13.6. The van der Waals surface area contributed by atoms with Crippen LogP contribution in [-0.4, -0.2) is 32.4 Å². The van der Waals surface area contributed by atoms with Crippen molar-refractivity contribution in [1.29, 1.82) is 0 Å². The van der Waals surface area contributed by atoms with E-state index in [-0.39, 0.29) is 12.3 Å². The van der Waals surface area contributed by atoms with E-state index in [2.05, 4.69) is 15.4 Å². The molecule has 3 unspecified atom stereocenters. The molecule has 0 amide bonds. The Kier molecular flexibility index (Phi) is 5.70. The Morgan fingerprint density at radius 1 is 1.29 bits per heavy atom. The molecule has 2 aromatic heterocycles. The van der Waals surface area contributed by atoms with Gasteiger partial charge in [0.15, 0.2) is 5.82 Å². The van der Waals surface area contributed by atoms with Gasteiger partial charge in [-0.25, -0.2) is 15.4 Å². The minimum atomic E-state index is -0.786. The van der Waals surface area contributed by atoms with Crippen LogP contribution in [0.3, 0.4) is 0 Å². The molecular formula is C19H20Cl2N4O3. The van der Waals surface area contributed by atoms with Crippen LogP contribution in [0.25, 0.3) is 11.0 Å². The van der Waals surface area contributed by atoms with E-state index in [1.165, 1.54) is 6.33 Å². The molecule has 0 radical (unpaired) electrons. The number of nitrogens with one attached hydrogen (secondary N) is 1. The lowest BCUT2D eigenvalue weighted by Gasteiger charge is -2.21. The van der Waals surface area contributed by atoms with Gasteiger partial charge in [-0.2, -0.15) is 0 Å². The van der Waals surface area contributed by atoms with Crippen LogP contribution in [0.5, 0.6) is 0 Å². The third-order valence-corrected chi connectivity index (χ3v) is 5.54. The van der Waals surface area contributed by atoms with Gasteiger partial charge in [-0.05, 0) is 43.5 Å². The number of aliphatic hydroxyl groups excluding tert-OH is 1. The number of halogens is 2. The molecule has 148 valence electrons. The fourth-order valence-corrected chi connectivity index (χ4v) is 3.72. The molecule has 0 saturated carbocycles. The summed E-state index contributed by atoms with van der Waals surface area (Å²) in [5.74, 6) is 0.607. The molecule has 3 aromatic rings. The van der Waals surface area contributed by atoms with Gasteiger partial charge in [0, 0.05) is 6.20 Å². The van der Waals surface area contributed by atoms with Crippen LogP contribution in [0.15, 0.2) is 36.8 Å². The predicted octanol–water partition coefficient (Wildman–Crippen LogP) is 4.51. The van der Waals surface area contributed by atoms with Crippen molar-refractivity contribution in [3.8, 4) is 0 Å². The molecule has 0 bridgehead atoms. The Hall–Kier alpha value is -1.90. The number of ether oxygens (including phenoxy) is 1. The molecule has 3 atom stereocenters. The molecule has 1 aliphatic heterocycles. The van der Waals surface area contributed by atoms with Crippen LogP contribution in [0.2, 0.25) is 10.0 Å². The molecule has 0 spiro atoms. The average Bonchev–Trinajstić information content (AvgIpc) is 3.35. The first kappa shape index (κ1) is 19.4. The number of fused-ring (bicyclic) bond motifs is 1. The van der Waals surface area contributed by atoms with E-state index in [0.29, 0.717) is 34.5 Å². The number of benzene rings is 1. The standard InChI is InChI=1S/C19H20Cl2N4O3/c1-2-27-24-18-12-7-8-25(19(12)23-10-22-18)16-6-5-15(28-16)17(26)11-3-4-13(20)14(21)9-11/h3-4,7-10,15-17,26H,2,5-6H2,1H3,(H,22,23,24). The zero-order valence-corrected chi connectivity index (χ0v) is 16.7. The highest BCUT2D eigenvalue weighted by molar-refractivity contribution is 6.42.